The third kappa shape index (κ3) is 5.62. The first-order chi connectivity index (χ1) is 13.7. The van der Waals surface area contributed by atoms with Crippen molar-refractivity contribution < 1.29 is 27.1 Å². The van der Waals surface area contributed by atoms with Gasteiger partial charge in [0.2, 0.25) is 10.0 Å². The number of anilines is 1. The van der Waals surface area contributed by atoms with Gasteiger partial charge >= 0.3 is 5.97 Å². The summed E-state index contributed by atoms with van der Waals surface area (Å²) in [5, 5.41) is 2.34. The molecular formula is C19H18BrFN2O5S. The molecule has 0 radical (unpaired) electrons. The first-order valence-corrected chi connectivity index (χ1v) is 11.0. The van der Waals surface area contributed by atoms with Crippen LogP contribution in [0.4, 0.5) is 10.1 Å². The predicted octanol–water partition coefficient (Wildman–Crippen LogP) is 3.21. The number of amides is 1. The van der Waals surface area contributed by atoms with Gasteiger partial charge in [0.1, 0.15) is 5.82 Å². The highest BCUT2D eigenvalue weighted by Gasteiger charge is 2.28. The highest BCUT2D eigenvalue weighted by molar-refractivity contribution is 9.10. The zero-order chi connectivity index (χ0) is 21.2. The zero-order valence-electron chi connectivity index (χ0n) is 15.3. The van der Waals surface area contributed by atoms with Crippen molar-refractivity contribution in [3.63, 3.8) is 0 Å². The molecule has 2 aromatic rings. The SMILES string of the molecule is CC(OC(=O)c1cccc(S(=O)(=O)NC2CC2)c1)C(=O)Nc1ccc(Br)cc1F. The number of rotatable bonds is 7. The number of carbonyl (C=O) groups is 2. The molecule has 1 aliphatic rings. The van der Waals surface area contributed by atoms with Gasteiger partial charge in [-0.05, 0) is 56.2 Å². The Bertz CT molecular complexity index is 1060. The van der Waals surface area contributed by atoms with E-state index in [1.807, 2.05) is 0 Å². The van der Waals surface area contributed by atoms with Gasteiger partial charge in [0.05, 0.1) is 16.1 Å². The molecule has 1 fully saturated rings. The maximum Gasteiger partial charge on any atom is 0.338 e. The second-order valence-corrected chi connectivity index (χ2v) is 9.21. The lowest BCUT2D eigenvalue weighted by Crippen LogP contribution is -2.30. The van der Waals surface area contributed by atoms with E-state index in [9.17, 15) is 22.4 Å². The van der Waals surface area contributed by atoms with Gasteiger partial charge in [-0.1, -0.05) is 22.0 Å². The Hall–Kier alpha value is -2.30. The molecule has 0 spiro atoms. The number of benzene rings is 2. The summed E-state index contributed by atoms with van der Waals surface area (Å²) in [5.41, 5.74) is -0.0708. The van der Waals surface area contributed by atoms with Gasteiger partial charge in [-0.3, -0.25) is 4.79 Å². The summed E-state index contributed by atoms with van der Waals surface area (Å²) in [4.78, 5) is 24.5. The Balaban J connectivity index is 1.66. The fourth-order valence-electron chi connectivity index (χ4n) is 2.39. The minimum atomic E-state index is -3.73. The number of sulfonamides is 1. The molecule has 1 aliphatic carbocycles. The van der Waals surface area contributed by atoms with Crippen molar-refractivity contribution in [1.29, 1.82) is 0 Å². The lowest BCUT2D eigenvalue weighted by Gasteiger charge is -2.14. The van der Waals surface area contributed by atoms with Crippen LogP contribution in [0.1, 0.15) is 30.1 Å². The monoisotopic (exact) mass is 484 g/mol. The Morgan fingerprint density at radius 3 is 2.59 bits per heavy atom. The molecule has 2 aromatic carbocycles. The standard InChI is InChI=1S/C19H18BrFN2O5S/c1-11(18(24)22-17-8-5-13(20)10-16(17)21)28-19(25)12-3-2-4-15(9-12)29(26,27)23-14-6-7-14/h2-5,8-11,14,23H,6-7H2,1H3,(H,22,24). The molecule has 1 amide bonds. The first-order valence-electron chi connectivity index (χ1n) is 8.75. The van der Waals surface area contributed by atoms with Crippen molar-refractivity contribution >= 4 is 43.5 Å². The number of ether oxygens (including phenoxy) is 1. The molecule has 0 bridgehead atoms. The van der Waals surface area contributed by atoms with E-state index in [-0.39, 0.29) is 22.2 Å². The van der Waals surface area contributed by atoms with Crippen LogP contribution in [0.3, 0.4) is 0 Å². The molecule has 0 heterocycles. The average Bonchev–Trinajstić information content (AvgIpc) is 3.47. The van der Waals surface area contributed by atoms with Crippen LogP contribution in [0.2, 0.25) is 0 Å². The van der Waals surface area contributed by atoms with E-state index in [1.54, 1.807) is 6.07 Å². The average molecular weight is 485 g/mol. The summed E-state index contributed by atoms with van der Waals surface area (Å²) in [6.45, 7) is 1.33. The Morgan fingerprint density at radius 2 is 1.93 bits per heavy atom. The van der Waals surface area contributed by atoms with E-state index < -0.39 is 33.8 Å². The maximum atomic E-state index is 13.8. The molecular weight excluding hydrogens is 467 g/mol. The normalized spacial score (nSPS) is 14.9. The molecule has 0 saturated heterocycles. The summed E-state index contributed by atoms with van der Waals surface area (Å²) in [6.07, 6.45) is 0.342. The van der Waals surface area contributed by atoms with Gasteiger partial charge < -0.3 is 10.1 Å². The molecule has 1 atom stereocenters. The fraction of sp³-hybridized carbons (Fsp3) is 0.263. The molecule has 3 rings (SSSR count). The topological polar surface area (TPSA) is 102 Å². The fourth-order valence-corrected chi connectivity index (χ4v) is 4.07. The molecule has 1 unspecified atom stereocenters. The van der Waals surface area contributed by atoms with Crippen LogP contribution in [0.15, 0.2) is 51.8 Å². The predicted molar refractivity (Wildman–Crippen MR) is 107 cm³/mol. The molecule has 7 nitrogen and oxygen atoms in total. The summed E-state index contributed by atoms with van der Waals surface area (Å²) in [5.74, 6) is -2.24. The second kappa shape index (κ2) is 8.60. The smallest absolute Gasteiger partial charge is 0.338 e. The minimum Gasteiger partial charge on any atom is -0.449 e. The lowest BCUT2D eigenvalue weighted by molar-refractivity contribution is -0.123. The van der Waals surface area contributed by atoms with Crippen LogP contribution in [0.25, 0.3) is 0 Å². The first kappa shape index (κ1) is 21.4. The highest BCUT2D eigenvalue weighted by Crippen LogP contribution is 2.23. The van der Waals surface area contributed by atoms with Crippen molar-refractivity contribution in [1.82, 2.24) is 4.72 Å². The second-order valence-electron chi connectivity index (χ2n) is 6.58. The molecule has 10 heteroatoms. The number of hydrogen-bond donors (Lipinski definition) is 2. The van der Waals surface area contributed by atoms with Crippen molar-refractivity contribution in [2.24, 2.45) is 0 Å². The van der Waals surface area contributed by atoms with Gasteiger partial charge in [0.25, 0.3) is 5.91 Å². The van der Waals surface area contributed by atoms with Crippen LogP contribution < -0.4 is 10.0 Å². The summed E-state index contributed by atoms with van der Waals surface area (Å²) >= 11 is 3.12. The Labute approximate surface area is 175 Å². The molecule has 2 N–H and O–H groups in total. The van der Waals surface area contributed by atoms with Gasteiger partial charge in [0.15, 0.2) is 6.10 Å². The molecule has 0 aromatic heterocycles. The van der Waals surface area contributed by atoms with Crippen LogP contribution in [0, 0.1) is 5.82 Å². The quantitative estimate of drug-likeness (QED) is 0.587. The van der Waals surface area contributed by atoms with Gasteiger partial charge in [0, 0.05) is 10.5 Å². The molecule has 0 aliphatic heterocycles. The van der Waals surface area contributed by atoms with E-state index >= 15 is 0 Å². The zero-order valence-corrected chi connectivity index (χ0v) is 17.7. The van der Waals surface area contributed by atoms with Crippen LogP contribution in [-0.2, 0) is 19.6 Å². The van der Waals surface area contributed by atoms with Crippen molar-refractivity contribution in [3.8, 4) is 0 Å². The van der Waals surface area contributed by atoms with Gasteiger partial charge in [-0.2, -0.15) is 0 Å². The molecule has 1 saturated carbocycles. The van der Waals surface area contributed by atoms with Crippen LogP contribution in [0.5, 0.6) is 0 Å². The third-order valence-electron chi connectivity index (χ3n) is 4.12. The van der Waals surface area contributed by atoms with Crippen molar-refractivity contribution in [2.75, 3.05) is 5.32 Å². The number of esters is 1. The number of carbonyl (C=O) groups excluding carboxylic acids is 2. The van der Waals surface area contributed by atoms with E-state index in [2.05, 4.69) is 26.0 Å². The molecule has 29 heavy (non-hydrogen) atoms. The van der Waals surface area contributed by atoms with Crippen LogP contribution in [-0.4, -0.2) is 32.4 Å². The number of nitrogens with one attached hydrogen (secondary N) is 2. The number of hydrogen-bond acceptors (Lipinski definition) is 5. The van der Waals surface area contributed by atoms with Gasteiger partial charge in [-0.15, -0.1) is 0 Å². The summed E-state index contributed by atoms with van der Waals surface area (Å²) < 4.78 is 46.5. The van der Waals surface area contributed by atoms with E-state index in [0.717, 1.165) is 12.8 Å². The van der Waals surface area contributed by atoms with E-state index in [0.29, 0.717) is 4.47 Å². The van der Waals surface area contributed by atoms with Crippen molar-refractivity contribution in [3.05, 3.63) is 58.3 Å². The van der Waals surface area contributed by atoms with E-state index in [1.165, 1.54) is 43.3 Å². The Kier molecular flexibility index (Phi) is 6.35. The largest absolute Gasteiger partial charge is 0.449 e. The third-order valence-corrected chi connectivity index (χ3v) is 6.13. The van der Waals surface area contributed by atoms with Crippen LogP contribution >= 0.6 is 15.9 Å². The lowest BCUT2D eigenvalue weighted by atomic mass is 10.2. The minimum absolute atomic E-state index is 0.0156. The van der Waals surface area contributed by atoms with Crippen molar-refractivity contribution in [2.45, 2.75) is 36.8 Å². The van der Waals surface area contributed by atoms with Gasteiger partial charge in [-0.25, -0.2) is 22.3 Å². The Morgan fingerprint density at radius 1 is 1.21 bits per heavy atom. The summed E-state index contributed by atoms with van der Waals surface area (Å²) in [6, 6.07) is 9.40. The number of halogens is 2. The highest BCUT2D eigenvalue weighted by atomic mass is 79.9. The van der Waals surface area contributed by atoms with E-state index in [4.69, 9.17) is 4.74 Å². The maximum absolute atomic E-state index is 13.8. The molecule has 154 valence electrons. The summed E-state index contributed by atoms with van der Waals surface area (Å²) in [7, 11) is -3.73.